The Labute approximate surface area is 98.6 Å². The van der Waals surface area contributed by atoms with Gasteiger partial charge in [0.1, 0.15) is 0 Å². The molecule has 1 N–H and O–H groups in total. The predicted octanol–water partition coefficient (Wildman–Crippen LogP) is 3.18. The molecule has 3 rings (SSSR count). The molecule has 1 unspecified atom stereocenters. The van der Waals surface area contributed by atoms with Gasteiger partial charge in [0, 0.05) is 9.89 Å². The fourth-order valence-electron chi connectivity index (χ4n) is 3.14. The zero-order chi connectivity index (χ0) is 10.5. The summed E-state index contributed by atoms with van der Waals surface area (Å²) in [7, 11) is 0. The van der Waals surface area contributed by atoms with Crippen molar-refractivity contribution in [2.75, 3.05) is 0 Å². The highest BCUT2D eigenvalue weighted by molar-refractivity contribution is 9.10. The molecule has 0 radical (unpaired) electrons. The molecular weight excluding hydrogens is 252 g/mol. The number of fused-ring (bicyclic) bond motifs is 2. The van der Waals surface area contributed by atoms with Gasteiger partial charge in [-0.25, -0.2) is 0 Å². The lowest BCUT2D eigenvalue weighted by molar-refractivity contribution is 0.0144. The van der Waals surface area contributed by atoms with Gasteiger partial charge in [-0.3, -0.25) is 0 Å². The Balaban J connectivity index is 2.14. The maximum Gasteiger partial charge on any atom is 0.0640 e. The molecule has 2 aliphatic carbocycles. The molecule has 0 saturated heterocycles. The molecule has 1 fully saturated rings. The van der Waals surface area contributed by atoms with Gasteiger partial charge < -0.3 is 5.11 Å². The lowest BCUT2D eigenvalue weighted by Gasteiger charge is -2.49. The maximum absolute atomic E-state index is 10.2. The lowest BCUT2D eigenvalue weighted by Crippen LogP contribution is -2.48. The number of aliphatic hydroxyl groups excluding tert-OH is 1. The molecule has 2 heteroatoms. The minimum Gasteiger partial charge on any atom is -0.392 e. The van der Waals surface area contributed by atoms with Gasteiger partial charge in [-0.15, -0.1) is 0 Å². The Hall–Kier alpha value is -0.340. The van der Waals surface area contributed by atoms with Crippen LogP contribution >= 0.6 is 15.9 Å². The van der Waals surface area contributed by atoms with Crippen molar-refractivity contribution < 1.29 is 5.11 Å². The van der Waals surface area contributed by atoms with E-state index in [-0.39, 0.29) is 11.5 Å². The summed E-state index contributed by atoms with van der Waals surface area (Å²) >= 11 is 3.53. The highest BCUT2D eigenvalue weighted by Gasteiger charge is 2.47. The molecule has 0 heterocycles. The molecule has 0 aromatic heterocycles. The number of aryl methyl sites for hydroxylation is 1. The molecule has 1 spiro atoms. The first-order valence-electron chi connectivity index (χ1n) is 5.69. The molecule has 0 aliphatic heterocycles. The van der Waals surface area contributed by atoms with E-state index in [1.165, 1.54) is 17.5 Å². The van der Waals surface area contributed by atoms with Crippen LogP contribution < -0.4 is 0 Å². The molecule has 80 valence electrons. The fourth-order valence-corrected chi connectivity index (χ4v) is 3.50. The van der Waals surface area contributed by atoms with Crippen molar-refractivity contribution in [2.24, 2.45) is 0 Å². The summed E-state index contributed by atoms with van der Waals surface area (Å²) in [6, 6.07) is 6.55. The molecule has 15 heavy (non-hydrogen) atoms. The van der Waals surface area contributed by atoms with Crippen LogP contribution in [-0.2, 0) is 11.8 Å². The largest absolute Gasteiger partial charge is 0.392 e. The van der Waals surface area contributed by atoms with Gasteiger partial charge >= 0.3 is 0 Å². The topological polar surface area (TPSA) is 20.2 Å². The van der Waals surface area contributed by atoms with E-state index in [2.05, 4.69) is 34.1 Å². The molecule has 1 nitrogen and oxygen atoms in total. The van der Waals surface area contributed by atoms with Crippen molar-refractivity contribution in [3.8, 4) is 0 Å². The third-order valence-electron chi connectivity index (χ3n) is 4.18. The van der Waals surface area contributed by atoms with Crippen LogP contribution in [0.4, 0.5) is 0 Å². The fraction of sp³-hybridized carbons (Fsp3) is 0.538. The quantitative estimate of drug-likeness (QED) is 0.765. The number of rotatable bonds is 0. The Kier molecular flexibility index (Phi) is 2.18. The third kappa shape index (κ3) is 1.31. The van der Waals surface area contributed by atoms with Crippen molar-refractivity contribution >= 4 is 15.9 Å². The van der Waals surface area contributed by atoms with E-state index in [0.29, 0.717) is 0 Å². The first-order chi connectivity index (χ1) is 7.22. The second kappa shape index (κ2) is 3.33. The van der Waals surface area contributed by atoms with Crippen LogP contribution in [0.15, 0.2) is 22.7 Å². The summed E-state index contributed by atoms with van der Waals surface area (Å²) in [5.41, 5.74) is 2.96. The van der Waals surface area contributed by atoms with Gasteiger partial charge in [0.05, 0.1) is 6.10 Å². The van der Waals surface area contributed by atoms with Crippen LogP contribution in [0, 0.1) is 0 Å². The number of hydrogen-bond donors (Lipinski definition) is 1. The summed E-state index contributed by atoms with van der Waals surface area (Å²) in [6.45, 7) is 0. The third-order valence-corrected chi connectivity index (χ3v) is 4.67. The summed E-state index contributed by atoms with van der Waals surface area (Å²) in [4.78, 5) is 0. The first kappa shape index (κ1) is 9.86. The lowest BCUT2D eigenvalue weighted by atomic mass is 9.57. The predicted molar refractivity (Wildman–Crippen MR) is 64.0 cm³/mol. The van der Waals surface area contributed by atoms with Crippen LogP contribution in [0.5, 0.6) is 0 Å². The molecule has 0 amide bonds. The van der Waals surface area contributed by atoms with E-state index in [0.717, 1.165) is 30.2 Å². The van der Waals surface area contributed by atoms with E-state index >= 15 is 0 Å². The van der Waals surface area contributed by atoms with E-state index in [1.807, 2.05) is 0 Å². The average Bonchev–Trinajstić information content (AvgIpc) is 2.14. The first-order valence-corrected chi connectivity index (χ1v) is 6.49. The van der Waals surface area contributed by atoms with Crippen LogP contribution in [0.2, 0.25) is 0 Å². The Morgan fingerprint density at radius 1 is 1.33 bits per heavy atom. The summed E-state index contributed by atoms with van der Waals surface area (Å²) < 4.78 is 1.14. The number of aliphatic hydroxyl groups is 1. The zero-order valence-corrected chi connectivity index (χ0v) is 10.3. The molecular formula is C13H15BrO. The van der Waals surface area contributed by atoms with Crippen molar-refractivity contribution in [1.29, 1.82) is 0 Å². The normalized spacial score (nSPS) is 27.2. The second-order valence-electron chi connectivity index (χ2n) is 4.87. The number of halogens is 1. The SMILES string of the molecule is OC1CCc2ccc(Br)cc2C12CCC2. The standard InChI is InChI=1S/C13H15BrO/c14-10-4-2-9-3-5-12(15)13(6-1-7-13)11(9)8-10/h2,4,8,12,15H,1,3,5-7H2. The molecule has 1 aromatic carbocycles. The summed E-state index contributed by atoms with van der Waals surface area (Å²) in [5, 5.41) is 10.2. The minimum absolute atomic E-state index is 0.108. The van der Waals surface area contributed by atoms with E-state index < -0.39 is 0 Å². The van der Waals surface area contributed by atoms with Crippen LogP contribution in [0.1, 0.15) is 36.8 Å². The molecule has 0 bridgehead atoms. The van der Waals surface area contributed by atoms with Crippen molar-refractivity contribution in [2.45, 2.75) is 43.6 Å². The zero-order valence-electron chi connectivity index (χ0n) is 8.67. The Morgan fingerprint density at radius 3 is 2.80 bits per heavy atom. The van der Waals surface area contributed by atoms with Gasteiger partial charge in [-0.05, 0) is 48.9 Å². The monoisotopic (exact) mass is 266 g/mol. The smallest absolute Gasteiger partial charge is 0.0640 e. The van der Waals surface area contributed by atoms with Crippen molar-refractivity contribution in [3.63, 3.8) is 0 Å². The highest BCUT2D eigenvalue weighted by atomic mass is 79.9. The van der Waals surface area contributed by atoms with Crippen LogP contribution in [0.25, 0.3) is 0 Å². The van der Waals surface area contributed by atoms with Gasteiger partial charge in [0.2, 0.25) is 0 Å². The van der Waals surface area contributed by atoms with Crippen LogP contribution in [-0.4, -0.2) is 11.2 Å². The average molecular weight is 267 g/mol. The number of benzene rings is 1. The maximum atomic E-state index is 10.2. The summed E-state index contributed by atoms with van der Waals surface area (Å²) in [5.74, 6) is 0. The second-order valence-corrected chi connectivity index (χ2v) is 5.78. The van der Waals surface area contributed by atoms with E-state index in [9.17, 15) is 5.11 Å². The van der Waals surface area contributed by atoms with E-state index in [1.54, 1.807) is 0 Å². The van der Waals surface area contributed by atoms with Gasteiger partial charge in [0.15, 0.2) is 0 Å². The van der Waals surface area contributed by atoms with Crippen LogP contribution in [0.3, 0.4) is 0 Å². The highest BCUT2D eigenvalue weighted by Crippen LogP contribution is 2.51. The van der Waals surface area contributed by atoms with Crippen molar-refractivity contribution in [1.82, 2.24) is 0 Å². The Bertz CT molecular complexity index is 396. The number of hydrogen-bond acceptors (Lipinski definition) is 1. The molecule has 1 saturated carbocycles. The minimum atomic E-state index is -0.118. The van der Waals surface area contributed by atoms with E-state index in [4.69, 9.17) is 0 Å². The van der Waals surface area contributed by atoms with Gasteiger partial charge in [0.25, 0.3) is 0 Å². The molecule has 2 aliphatic rings. The van der Waals surface area contributed by atoms with Gasteiger partial charge in [-0.2, -0.15) is 0 Å². The van der Waals surface area contributed by atoms with Gasteiger partial charge in [-0.1, -0.05) is 28.4 Å². The summed E-state index contributed by atoms with van der Waals surface area (Å²) in [6.07, 6.45) is 5.45. The van der Waals surface area contributed by atoms with Crippen molar-refractivity contribution in [3.05, 3.63) is 33.8 Å². The Morgan fingerprint density at radius 2 is 2.13 bits per heavy atom. The molecule has 1 atom stereocenters. The molecule has 1 aromatic rings.